The number of carbonyl (C=O) groups is 1. The lowest BCUT2D eigenvalue weighted by Gasteiger charge is -2.25. The van der Waals surface area contributed by atoms with Crippen LogP contribution in [0.4, 0.5) is 0 Å². The van der Waals surface area contributed by atoms with Crippen LogP contribution in [0.3, 0.4) is 0 Å². The molecule has 0 amide bonds. The van der Waals surface area contributed by atoms with Crippen molar-refractivity contribution in [1.29, 1.82) is 0 Å². The van der Waals surface area contributed by atoms with Crippen molar-refractivity contribution in [3.63, 3.8) is 0 Å². The van der Waals surface area contributed by atoms with Gasteiger partial charge >= 0.3 is 5.97 Å². The molecule has 1 N–H and O–H groups in total. The minimum atomic E-state index is -0.763. The number of hydrogen-bond acceptors (Lipinski definition) is 3. The van der Waals surface area contributed by atoms with Crippen molar-refractivity contribution in [2.75, 3.05) is 6.54 Å². The molecule has 0 unspecified atom stereocenters. The van der Waals surface area contributed by atoms with Crippen LogP contribution in [0.25, 0.3) is 5.69 Å². The van der Waals surface area contributed by atoms with Gasteiger partial charge in [0.15, 0.2) is 0 Å². The van der Waals surface area contributed by atoms with Gasteiger partial charge in [-0.2, -0.15) is 5.10 Å². The molecule has 0 aliphatic carbocycles. The minimum absolute atomic E-state index is 0.158. The van der Waals surface area contributed by atoms with Crippen LogP contribution in [0.1, 0.15) is 25.8 Å². The molecule has 112 valence electrons. The Morgan fingerprint density at radius 1 is 1.33 bits per heavy atom. The number of rotatable bonds is 7. The minimum Gasteiger partial charge on any atom is -0.481 e. The summed E-state index contributed by atoms with van der Waals surface area (Å²) in [5, 5.41) is 13.2. The standard InChI is InChI=1S/C16H21N3O2/c1-13(2)18(9-8-16(20)21)11-14-10-17-19(12-14)15-6-4-3-5-7-15/h3-7,10,12-13H,8-9,11H2,1-2H3,(H,20,21). The van der Waals surface area contributed by atoms with Crippen LogP contribution < -0.4 is 0 Å². The fourth-order valence-electron chi connectivity index (χ4n) is 2.16. The summed E-state index contributed by atoms with van der Waals surface area (Å²) in [4.78, 5) is 12.9. The predicted molar refractivity (Wildman–Crippen MR) is 81.4 cm³/mol. The maximum absolute atomic E-state index is 10.7. The van der Waals surface area contributed by atoms with Gasteiger partial charge in [-0.05, 0) is 26.0 Å². The number of aliphatic carboxylic acids is 1. The van der Waals surface area contributed by atoms with Crippen LogP contribution >= 0.6 is 0 Å². The third-order valence-corrected chi connectivity index (χ3v) is 3.39. The Labute approximate surface area is 124 Å². The fourth-order valence-corrected chi connectivity index (χ4v) is 2.16. The van der Waals surface area contributed by atoms with E-state index < -0.39 is 5.97 Å². The van der Waals surface area contributed by atoms with Gasteiger partial charge in [-0.1, -0.05) is 18.2 Å². The molecule has 0 saturated heterocycles. The molecule has 1 aromatic carbocycles. The molecule has 0 bridgehead atoms. The lowest BCUT2D eigenvalue weighted by molar-refractivity contribution is -0.137. The Bertz CT molecular complexity index is 578. The molecule has 0 aliphatic heterocycles. The number of nitrogens with zero attached hydrogens (tertiary/aromatic N) is 3. The van der Waals surface area contributed by atoms with Gasteiger partial charge in [0, 0.05) is 30.9 Å². The van der Waals surface area contributed by atoms with E-state index in [2.05, 4.69) is 23.8 Å². The van der Waals surface area contributed by atoms with Crippen molar-refractivity contribution in [3.8, 4) is 5.69 Å². The molecule has 5 nitrogen and oxygen atoms in total. The molecule has 5 heteroatoms. The topological polar surface area (TPSA) is 58.4 Å². The van der Waals surface area contributed by atoms with Crippen LogP contribution in [0, 0.1) is 0 Å². The molecular weight excluding hydrogens is 266 g/mol. The maximum atomic E-state index is 10.7. The zero-order valence-corrected chi connectivity index (χ0v) is 12.4. The smallest absolute Gasteiger partial charge is 0.304 e. The molecular formula is C16H21N3O2. The van der Waals surface area contributed by atoms with E-state index in [4.69, 9.17) is 5.11 Å². The Hall–Kier alpha value is -2.14. The molecule has 1 heterocycles. The first-order chi connectivity index (χ1) is 10.1. The number of aromatic nitrogens is 2. The second kappa shape index (κ2) is 7.04. The van der Waals surface area contributed by atoms with Gasteiger partial charge < -0.3 is 5.11 Å². The Balaban J connectivity index is 2.04. The normalized spacial score (nSPS) is 11.2. The van der Waals surface area contributed by atoms with Gasteiger partial charge in [-0.25, -0.2) is 4.68 Å². The van der Waals surface area contributed by atoms with E-state index in [1.54, 1.807) is 0 Å². The summed E-state index contributed by atoms with van der Waals surface area (Å²) >= 11 is 0. The SMILES string of the molecule is CC(C)N(CCC(=O)O)Cc1cnn(-c2ccccc2)c1. The molecule has 0 saturated carbocycles. The fraction of sp³-hybridized carbons (Fsp3) is 0.375. The van der Waals surface area contributed by atoms with Gasteiger partial charge in [0.1, 0.15) is 0 Å². The van der Waals surface area contributed by atoms with E-state index in [0.717, 1.165) is 11.3 Å². The van der Waals surface area contributed by atoms with Crippen LogP contribution in [-0.2, 0) is 11.3 Å². The number of hydrogen-bond donors (Lipinski definition) is 1. The van der Waals surface area contributed by atoms with Crippen molar-refractivity contribution in [2.45, 2.75) is 32.9 Å². The summed E-state index contributed by atoms with van der Waals surface area (Å²) in [7, 11) is 0. The summed E-state index contributed by atoms with van der Waals surface area (Å²) in [5.74, 6) is -0.763. The summed E-state index contributed by atoms with van der Waals surface area (Å²) in [6.45, 7) is 5.40. The lowest BCUT2D eigenvalue weighted by Crippen LogP contribution is -2.32. The van der Waals surface area contributed by atoms with Crippen LogP contribution in [0.5, 0.6) is 0 Å². The molecule has 0 atom stereocenters. The average Bonchev–Trinajstić information content (AvgIpc) is 2.92. The summed E-state index contributed by atoms with van der Waals surface area (Å²) in [6, 6.07) is 10.2. The molecule has 21 heavy (non-hydrogen) atoms. The van der Waals surface area contributed by atoms with Crippen molar-refractivity contribution in [2.24, 2.45) is 0 Å². The van der Waals surface area contributed by atoms with Crippen molar-refractivity contribution in [3.05, 3.63) is 48.3 Å². The summed E-state index contributed by atoms with van der Waals surface area (Å²) in [6.07, 6.45) is 3.99. The monoisotopic (exact) mass is 287 g/mol. The summed E-state index contributed by atoms with van der Waals surface area (Å²) in [5.41, 5.74) is 2.10. The zero-order chi connectivity index (χ0) is 15.2. The first-order valence-corrected chi connectivity index (χ1v) is 7.11. The van der Waals surface area contributed by atoms with E-state index >= 15 is 0 Å². The van der Waals surface area contributed by atoms with Gasteiger partial charge in [0.05, 0.1) is 18.3 Å². The molecule has 1 aromatic heterocycles. The highest BCUT2D eigenvalue weighted by molar-refractivity contribution is 5.66. The lowest BCUT2D eigenvalue weighted by atomic mass is 10.2. The van der Waals surface area contributed by atoms with Crippen LogP contribution in [0.15, 0.2) is 42.7 Å². The van der Waals surface area contributed by atoms with E-state index in [0.29, 0.717) is 19.1 Å². The van der Waals surface area contributed by atoms with Crippen molar-refractivity contribution in [1.82, 2.24) is 14.7 Å². The van der Waals surface area contributed by atoms with Gasteiger partial charge in [-0.15, -0.1) is 0 Å². The van der Waals surface area contributed by atoms with E-state index in [-0.39, 0.29) is 6.42 Å². The number of carboxylic acids is 1. The Morgan fingerprint density at radius 3 is 2.67 bits per heavy atom. The molecule has 0 spiro atoms. The summed E-state index contributed by atoms with van der Waals surface area (Å²) < 4.78 is 1.84. The Morgan fingerprint density at radius 2 is 2.05 bits per heavy atom. The van der Waals surface area contributed by atoms with Crippen molar-refractivity contribution >= 4 is 5.97 Å². The van der Waals surface area contributed by atoms with Crippen molar-refractivity contribution < 1.29 is 9.90 Å². The molecule has 0 fully saturated rings. The van der Waals surface area contributed by atoms with Gasteiger partial charge in [0.25, 0.3) is 0 Å². The van der Waals surface area contributed by atoms with Gasteiger partial charge in [0.2, 0.25) is 0 Å². The Kier molecular flexibility index (Phi) is 5.11. The second-order valence-electron chi connectivity index (χ2n) is 5.34. The number of para-hydroxylation sites is 1. The third kappa shape index (κ3) is 4.43. The van der Waals surface area contributed by atoms with Crippen LogP contribution in [0.2, 0.25) is 0 Å². The number of carboxylic acid groups (broad SMARTS) is 1. The predicted octanol–water partition coefficient (Wildman–Crippen LogP) is 2.56. The van der Waals surface area contributed by atoms with Gasteiger partial charge in [-0.3, -0.25) is 9.69 Å². The first kappa shape index (κ1) is 15.3. The third-order valence-electron chi connectivity index (χ3n) is 3.39. The van der Waals surface area contributed by atoms with E-state index in [1.807, 2.05) is 47.4 Å². The second-order valence-corrected chi connectivity index (χ2v) is 5.34. The molecule has 0 radical (unpaired) electrons. The highest BCUT2D eigenvalue weighted by Crippen LogP contribution is 2.11. The zero-order valence-electron chi connectivity index (χ0n) is 12.4. The first-order valence-electron chi connectivity index (χ1n) is 7.11. The molecule has 0 aliphatic rings. The van der Waals surface area contributed by atoms with E-state index in [1.165, 1.54) is 0 Å². The highest BCUT2D eigenvalue weighted by Gasteiger charge is 2.13. The number of benzene rings is 1. The quantitative estimate of drug-likeness (QED) is 0.850. The highest BCUT2D eigenvalue weighted by atomic mass is 16.4. The van der Waals surface area contributed by atoms with E-state index in [9.17, 15) is 4.79 Å². The largest absolute Gasteiger partial charge is 0.481 e. The average molecular weight is 287 g/mol. The van der Waals surface area contributed by atoms with Crippen LogP contribution in [-0.4, -0.2) is 38.3 Å². The molecule has 2 rings (SSSR count). The molecule has 2 aromatic rings. The maximum Gasteiger partial charge on any atom is 0.304 e.